The Balaban J connectivity index is 1.23. The molecule has 3 amide bonds. The van der Waals surface area contributed by atoms with Gasteiger partial charge < -0.3 is 10.2 Å². The van der Waals surface area contributed by atoms with Crippen LogP contribution in [0.15, 0.2) is 66.7 Å². The van der Waals surface area contributed by atoms with Crippen molar-refractivity contribution in [3.63, 3.8) is 0 Å². The van der Waals surface area contributed by atoms with Gasteiger partial charge in [-0.15, -0.1) is 0 Å². The molecule has 5 heteroatoms. The Hall–Kier alpha value is -3.60. The molecule has 30 heavy (non-hydrogen) atoms. The summed E-state index contributed by atoms with van der Waals surface area (Å²) in [6.45, 7) is 3.20. The van der Waals surface area contributed by atoms with Crippen molar-refractivity contribution in [1.82, 2.24) is 4.90 Å². The second-order valence-corrected chi connectivity index (χ2v) is 7.95. The fraction of sp³-hybridized carbons (Fsp3) is 0.200. The molecule has 3 aromatic rings. The average Bonchev–Trinajstić information content (AvgIpc) is 3.29. The molecule has 1 saturated heterocycles. The molecule has 0 bridgehead atoms. The summed E-state index contributed by atoms with van der Waals surface area (Å²) in [5, 5.41) is 2.96. The Morgan fingerprint density at radius 1 is 0.933 bits per heavy atom. The predicted octanol–water partition coefficient (Wildman–Crippen LogP) is 4.45. The third-order valence-corrected chi connectivity index (χ3v) is 5.85. The van der Waals surface area contributed by atoms with Crippen LogP contribution in [0.25, 0.3) is 11.1 Å². The maximum Gasteiger partial charge on any atom is 0.325 e. The molecule has 5 rings (SSSR count). The highest BCUT2D eigenvalue weighted by molar-refractivity contribution is 5.99. The van der Waals surface area contributed by atoms with Crippen LogP contribution in [0.3, 0.4) is 0 Å². The van der Waals surface area contributed by atoms with Crippen molar-refractivity contribution in [1.29, 1.82) is 0 Å². The van der Waals surface area contributed by atoms with E-state index in [0.717, 1.165) is 23.4 Å². The number of hydrogen-bond acceptors (Lipinski definition) is 2. The Labute approximate surface area is 175 Å². The summed E-state index contributed by atoms with van der Waals surface area (Å²) >= 11 is 0. The fourth-order valence-corrected chi connectivity index (χ4v) is 4.29. The number of rotatable bonds is 4. The summed E-state index contributed by atoms with van der Waals surface area (Å²) in [4.78, 5) is 28.6. The van der Waals surface area contributed by atoms with Crippen molar-refractivity contribution in [3.05, 3.63) is 83.4 Å². The first-order chi connectivity index (χ1) is 14.6. The number of urea groups is 1. The quantitative estimate of drug-likeness (QED) is 0.553. The van der Waals surface area contributed by atoms with Crippen LogP contribution in [-0.2, 0) is 11.2 Å². The van der Waals surface area contributed by atoms with E-state index in [9.17, 15) is 9.59 Å². The van der Waals surface area contributed by atoms with Crippen molar-refractivity contribution >= 4 is 23.3 Å². The molecule has 0 aromatic heterocycles. The smallest absolute Gasteiger partial charge is 0.325 e. The van der Waals surface area contributed by atoms with Gasteiger partial charge in [-0.05, 0) is 59.9 Å². The summed E-state index contributed by atoms with van der Waals surface area (Å²) in [6.07, 6.45) is 0.880. The topological polar surface area (TPSA) is 52.6 Å². The highest BCUT2D eigenvalue weighted by Gasteiger charge is 2.30. The molecule has 1 heterocycles. The second-order valence-electron chi connectivity index (χ2n) is 7.95. The van der Waals surface area contributed by atoms with Gasteiger partial charge in [-0.25, -0.2) is 4.79 Å². The molecule has 0 atom stereocenters. The van der Waals surface area contributed by atoms with Gasteiger partial charge in [0, 0.05) is 24.5 Å². The Kier molecular flexibility index (Phi) is 4.51. The van der Waals surface area contributed by atoms with Crippen LogP contribution in [0.5, 0.6) is 0 Å². The predicted molar refractivity (Wildman–Crippen MR) is 119 cm³/mol. The SMILES string of the molecule is Cc1ccc(N2CCN(CC(=O)Nc3ccc4c(c3)Cc3ccccc3-4)C2=O)cc1. The van der Waals surface area contributed by atoms with Gasteiger partial charge in [-0.2, -0.15) is 0 Å². The third kappa shape index (κ3) is 3.32. The van der Waals surface area contributed by atoms with Crippen LogP contribution in [-0.4, -0.2) is 36.5 Å². The molecule has 0 radical (unpaired) electrons. The largest absolute Gasteiger partial charge is 0.325 e. The van der Waals surface area contributed by atoms with E-state index in [0.29, 0.717) is 13.1 Å². The first kappa shape index (κ1) is 18.4. The maximum atomic E-state index is 12.7. The summed E-state index contributed by atoms with van der Waals surface area (Å²) in [5.41, 5.74) is 7.82. The number of amides is 3. The van der Waals surface area contributed by atoms with Gasteiger partial charge in [0.05, 0.1) is 0 Å². The number of carbonyl (C=O) groups is 2. The van der Waals surface area contributed by atoms with E-state index in [4.69, 9.17) is 0 Å². The van der Waals surface area contributed by atoms with Gasteiger partial charge in [0.1, 0.15) is 6.54 Å². The van der Waals surface area contributed by atoms with E-state index in [2.05, 4.69) is 35.6 Å². The third-order valence-electron chi connectivity index (χ3n) is 5.85. The van der Waals surface area contributed by atoms with Gasteiger partial charge in [-0.1, -0.05) is 48.0 Å². The summed E-state index contributed by atoms with van der Waals surface area (Å²) < 4.78 is 0. The Morgan fingerprint density at radius 2 is 1.70 bits per heavy atom. The monoisotopic (exact) mass is 397 g/mol. The molecule has 1 N–H and O–H groups in total. The highest BCUT2D eigenvalue weighted by atomic mass is 16.2. The van der Waals surface area contributed by atoms with Crippen molar-refractivity contribution in [2.75, 3.05) is 29.9 Å². The van der Waals surface area contributed by atoms with Crippen LogP contribution in [0, 0.1) is 6.92 Å². The van der Waals surface area contributed by atoms with Gasteiger partial charge in [0.2, 0.25) is 5.91 Å². The van der Waals surface area contributed by atoms with E-state index in [1.54, 1.807) is 9.80 Å². The summed E-state index contributed by atoms with van der Waals surface area (Å²) in [6, 6.07) is 22.2. The minimum Gasteiger partial charge on any atom is -0.325 e. The zero-order valence-electron chi connectivity index (χ0n) is 16.9. The number of nitrogens with zero attached hydrogens (tertiary/aromatic N) is 2. The molecule has 3 aromatic carbocycles. The number of carbonyl (C=O) groups excluding carboxylic acids is 2. The van der Waals surface area contributed by atoms with Crippen LogP contribution in [0.2, 0.25) is 0 Å². The van der Waals surface area contributed by atoms with Gasteiger partial charge in [0.25, 0.3) is 0 Å². The minimum absolute atomic E-state index is 0.0541. The number of benzene rings is 3. The van der Waals surface area contributed by atoms with Crippen molar-refractivity contribution in [3.8, 4) is 11.1 Å². The number of nitrogens with one attached hydrogen (secondary N) is 1. The molecule has 0 unspecified atom stereocenters. The molecule has 1 aliphatic carbocycles. The molecular formula is C25H23N3O2. The van der Waals surface area contributed by atoms with Crippen LogP contribution in [0.1, 0.15) is 16.7 Å². The van der Waals surface area contributed by atoms with E-state index in [1.165, 1.54) is 22.3 Å². The van der Waals surface area contributed by atoms with Crippen molar-refractivity contribution in [2.24, 2.45) is 0 Å². The second kappa shape index (κ2) is 7.34. The number of anilines is 2. The van der Waals surface area contributed by atoms with Crippen molar-refractivity contribution in [2.45, 2.75) is 13.3 Å². The van der Waals surface area contributed by atoms with Gasteiger partial charge >= 0.3 is 6.03 Å². The minimum atomic E-state index is -0.176. The first-order valence-corrected chi connectivity index (χ1v) is 10.2. The zero-order valence-corrected chi connectivity index (χ0v) is 16.9. The number of aryl methyl sites for hydroxylation is 1. The lowest BCUT2D eigenvalue weighted by molar-refractivity contribution is -0.116. The van der Waals surface area contributed by atoms with Crippen LogP contribution >= 0.6 is 0 Å². The lowest BCUT2D eigenvalue weighted by Gasteiger charge is -2.18. The van der Waals surface area contributed by atoms with Crippen LogP contribution in [0.4, 0.5) is 16.2 Å². The first-order valence-electron chi connectivity index (χ1n) is 10.2. The molecule has 5 nitrogen and oxygen atoms in total. The lowest BCUT2D eigenvalue weighted by atomic mass is 10.1. The standard InChI is InChI=1S/C25H23N3O2/c1-17-6-9-21(10-7-17)28-13-12-27(25(28)30)16-24(29)26-20-8-11-23-19(15-20)14-18-4-2-3-5-22(18)23/h2-11,15H,12-14,16H2,1H3,(H,26,29). The summed E-state index contributed by atoms with van der Waals surface area (Å²) in [5.74, 6) is -0.176. The maximum absolute atomic E-state index is 12.7. The Bertz CT molecular complexity index is 1140. The summed E-state index contributed by atoms with van der Waals surface area (Å²) in [7, 11) is 0. The van der Waals surface area contributed by atoms with E-state index >= 15 is 0 Å². The van der Waals surface area contributed by atoms with Crippen molar-refractivity contribution < 1.29 is 9.59 Å². The van der Waals surface area contributed by atoms with E-state index < -0.39 is 0 Å². The average molecular weight is 397 g/mol. The number of hydrogen-bond donors (Lipinski definition) is 1. The highest BCUT2D eigenvalue weighted by Crippen LogP contribution is 2.37. The van der Waals surface area contributed by atoms with E-state index in [-0.39, 0.29) is 18.5 Å². The molecule has 1 aliphatic heterocycles. The molecule has 0 spiro atoms. The molecular weight excluding hydrogens is 374 g/mol. The lowest BCUT2D eigenvalue weighted by Crippen LogP contribution is -2.37. The van der Waals surface area contributed by atoms with Gasteiger partial charge in [-0.3, -0.25) is 9.69 Å². The molecule has 150 valence electrons. The normalized spacial score (nSPS) is 14.6. The van der Waals surface area contributed by atoms with E-state index in [1.807, 2.05) is 43.3 Å². The number of fused-ring (bicyclic) bond motifs is 3. The van der Waals surface area contributed by atoms with Crippen LogP contribution < -0.4 is 10.2 Å². The fourth-order valence-electron chi connectivity index (χ4n) is 4.29. The molecule has 0 saturated carbocycles. The molecule has 1 fully saturated rings. The molecule has 2 aliphatic rings. The zero-order chi connectivity index (χ0) is 20.7. The Morgan fingerprint density at radius 3 is 2.53 bits per heavy atom. The van der Waals surface area contributed by atoms with Gasteiger partial charge in [0.15, 0.2) is 0 Å².